The summed E-state index contributed by atoms with van der Waals surface area (Å²) in [4.78, 5) is 14.6. The van der Waals surface area contributed by atoms with Crippen molar-refractivity contribution in [2.45, 2.75) is 20.0 Å². The maximum Gasteiger partial charge on any atom is 0.271 e. The van der Waals surface area contributed by atoms with E-state index in [4.69, 9.17) is 4.42 Å². The van der Waals surface area contributed by atoms with E-state index in [-0.39, 0.29) is 5.91 Å². The Bertz CT molecular complexity index is 944. The summed E-state index contributed by atoms with van der Waals surface area (Å²) in [7, 11) is 0. The van der Waals surface area contributed by atoms with E-state index in [0.717, 1.165) is 13.1 Å². The van der Waals surface area contributed by atoms with Crippen molar-refractivity contribution in [2.75, 3.05) is 4.90 Å². The predicted molar refractivity (Wildman–Crippen MR) is 101 cm³/mol. The fourth-order valence-electron chi connectivity index (χ4n) is 3.06. The fraction of sp³-hybridized carbons (Fsp3) is 0.143. The van der Waals surface area contributed by atoms with Crippen LogP contribution in [0.5, 0.6) is 0 Å². The Balaban J connectivity index is 1.44. The summed E-state index contributed by atoms with van der Waals surface area (Å²) in [5.41, 5.74) is 8.01. The molecule has 130 valence electrons. The number of hydrogen-bond donors (Lipinski definition) is 1. The van der Waals surface area contributed by atoms with Gasteiger partial charge in [-0.1, -0.05) is 23.8 Å². The van der Waals surface area contributed by atoms with Crippen LogP contribution < -0.4 is 10.3 Å². The van der Waals surface area contributed by atoms with Gasteiger partial charge < -0.3 is 9.32 Å². The minimum Gasteiger partial charge on any atom is -0.463 e. The Kier molecular flexibility index (Phi) is 4.27. The van der Waals surface area contributed by atoms with Gasteiger partial charge in [0.1, 0.15) is 5.76 Å². The van der Waals surface area contributed by atoms with E-state index in [1.807, 2.05) is 18.2 Å². The molecule has 4 rings (SSSR count). The van der Waals surface area contributed by atoms with Crippen LogP contribution in [-0.2, 0) is 13.1 Å². The molecule has 2 heterocycles. The fourth-order valence-corrected chi connectivity index (χ4v) is 3.06. The molecule has 0 atom stereocenters. The number of furan rings is 1. The summed E-state index contributed by atoms with van der Waals surface area (Å²) in [6, 6.07) is 17.9. The smallest absolute Gasteiger partial charge is 0.271 e. The zero-order valence-electron chi connectivity index (χ0n) is 14.5. The third-order valence-corrected chi connectivity index (χ3v) is 4.49. The molecule has 5 nitrogen and oxygen atoms in total. The van der Waals surface area contributed by atoms with Gasteiger partial charge in [-0.2, -0.15) is 5.10 Å². The topological polar surface area (TPSA) is 57.8 Å². The maximum absolute atomic E-state index is 12.3. The lowest BCUT2D eigenvalue weighted by molar-refractivity contribution is 0.0955. The van der Waals surface area contributed by atoms with Crippen molar-refractivity contribution in [1.29, 1.82) is 0 Å². The van der Waals surface area contributed by atoms with Crippen molar-refractivity contribution >= 4 is 17.8 Å². The van der Waals surface area contributed by atoms with Gasteiger partial charge in [0, 0.05) is 24.3 Å². The van der Waals surface area contributed by atoms with Gasteiger partial charge in [-0.3, -0.25) is 4.79 Å². The van der Waals surface area contributed by atoms with Gasteiger partial charge in [-0.25, -0.2) is 5.43 Å². The molecular formula is C21H19N3O2. The molecule has 0 bridgehead atoms. The number of aryl methyl sites for hydroxylation is 1. The molecule has 0 saturated heterocycles. The van der Waals surface area contributed by atoms with E-state index in [1.165, 1.54) is 28.6 Å². The van der Waals surface area contributed by atoms with Crippen LogP contribution in [0.4, 0.5) is 5.69 Å². The zero-order valence-corrected chi connectivity index (χ0v) is 14.5. The van der Waals surface area contributed by atoms with Crippen LogP contribution in [0.25, 0.3) is 0 Å². The number of carbonyl (C=O) groups excluding carboxylic acids is 1. The molecule has 1 amide bonds. The number of nitrogens with one attached hydrogen (secondary N) is 1. The Morgan fingerprint density at radius 2 is 1.92 bits per heavy atom. The minimum atomic E-state index is -0.232. The molecule has 1 aliphatic rings. The van der Waals surface area contributed by atoms with Crippen LogP contribution in [0.2, 0.25) is 0 Å². The highest BCUT2D eigenvalue weighted by Gasteiger charge is 2.20. The van der Waals surface area contributed by atoms with Gasteiger partial charge in [0.25, 0.3) is 5.91 Å². The predicted octanol–water partition coefficient (Wildman–Crippen LogP) is 3.87. The van der Waals surface area contributed by atoms with Crippen LogP contribution in [0, 0.1) is 6.92 Å². The monoisotopic (exact) mass is 345 g/mol. The SMILES string of the molecule is Cc1ccc(N2Cc3ccc(C(=O)N/N=C\c4ccco4)cc3C2)cc1. The first-order valence-electron chi connectivity index (χ1n) is 8.49. The molecule has 26 heavy (non-hydrogen) atoms. The summed E-state index contributed by atoms with van der Waals surface area (Å²) in [6.45, 7) is 3.74. The quantitative estimate of drug-likeness (QED) is 0.577. The average molecular weight is 345 g/mol. The zero-order chi connectivity index (χ0) is 17.9. The standard InChI is InChI=1S/C21H19N3O2/c1-15-4-8-19(9-5-15)24-13-17-7-6-16(11-18(17)14-24)21(25)23-22-12-20-3-2-10-26-20/h2-12H,13-14H2,1H3,(H,23,25)/b22-12-. The third-order valence-electron chi connectivity index (χ3n) is 4.49. The van der Waals surface area contributed by atoms with E-state index < -0.39 is 0 Å². The van der Waals surface area contributed by atoms with E-state index in [1.54, 1.807) is 18.4 Å². The first-order chi connectivity index (χ1) is 12.7. The highest BCUT2D eigenvalue weighted by atomic mass is 16.3. The second kappa shape index (κ2) is 6.88. The summed E-state index contributed by atoms with van der Waals surface area (Å²) < 4.78 is 5.14. The number of benzene rings is 2. The molecule has 1 aliphatic heterocycles. The number of carbonyl (C=O) groups is 1. The lowest BCUT2D eigenvalue weighted by Crippen LogP contribution is -2.17. The third kappa shape index (κ3) is 3.37. The van der Waals surface area contributed by atoms with E-state index in [9.17, 15) is 4.79 Å². The number of fused-ring (bicyclic) bond motifs is 1. The Hall–Kier alpha value is -3.34. The largest absolute Gasteiger partial charge is 0.463 e. The molecule has 3 aromatic rings. The van der Waals surface area contributed by atoms with Gasteiger partial charge in [0.2, 0.25) is 0 Å². The maximum atomic E-state index is 12.3. The van der Waals surface area contributed by atoms with Crippen molar-refractivity contribution in [2.24, 2.45) is 5.10 Å². The number of anilines is 1. The lowest BCUT2D eigenvalue weighted by Gasteiger charge is -2.17. The summed E-state index contributed by atoms with van der Waals surface area (Å²) in [5, 5.41) is 3.93. The van der Waals surface area contributed by atoms with Gasteiger partial charge in [0.05, 0.1) is 12.5 Å². The second-order valence-electron chi connectivity index (χ2n) is 6.39. The number of nitrogens with zero attached hydrogens (tertiary/aromatic N) is 2. The summed E-state index contributed by atoms with van der Waals surface area (Å²) >= 11 is 0. The number of hydrazone groups is 1. The Morgan fingerprint density at radius 1 is 1.12 bits per heavy atom. The van der Waals surface area contributed by atoms with Crippen LogP contribution >= 0.6 is 0 Å². The lowest BCUT2D eigenvalue weighted by atomic mass is 10.1. The normalized spacial score (nSPS) is 13.2. The summed E-state index contributed by atoms with van der Waals surface area (Å²) in [5.74, 6) is 0.359. The van der Waals surface area contributed by atoms with Crippen molar-refractivity contribution in [3.8, 4) is 0 Å². The molecule has 2 aromatic carbocycles. The average Bonchev–Trinajstić information content (AvgIpc) is 3.31. The van der Waals surface area contributed by atoms with Crippen molar-refractivity contribution < 1.29 is 9.21 Å². The minimum absolute atomic E-state index is 0.232. The molecule has 0 unspecified atom stereocenters. The Morgan fingerprint density at radius 3 is 2.69 bits per heavy atom. The molecular weight excluding hydrogens is 326 g/mol. The number of hydrogen-bond acceptors (Lipinski definition) is 4. The molecule has 5 heteroatoms. The van der Waals surface area contributed by atoms with Crippen LogP contribution in [-0.4, -0.2) is 12.1 Å². The second-order valence-corrected chi connectivity index (χ2v) is 6.39. The van der Waals surface area contributed by atoms with Gasteiger partial charge in [-0.05, 0) is 54.4 Å². The molecule has 0 fully saturated rings. The van der Waals surface area contributed by atoms with Gasteiger partial charge in [0.15, 0.2) is 0 Å². The van der Waals surface area contributed by atoms with Gasteiger partial charge in [-0.15, -0.1) is 0 Å². The molecule has 0 aliphatic carbocycles. The van der Waals surface area contributed by atoms with Crippen molar-refractivity contribution in [3.05, 3.63) is 88.9 Å². The molecule has 0 saturated carbocycles. The number of amides is 1. The van der Waals surface area contributed by atoms with Crippen LogP contribution in [0.3, 0.4) is 0 Å². The highest BCUT2D eigenvalue weighted by Crippen LogP contribution is 2.29. The van der Waals surface area contributed by atoms with Crippen LogP contribution in [0.15, 0.2) is 70.4 Å². The van der Waals surface area contributed by atoms with Crippen LogP contribution in [0.1, 0.15) is 32.8 Å². The molecule has 0 spiro atoms. The van der Waals surface area contributed by atoms with Crippen molar-refractivity contribution in [1.82, 2.24) is 5.43 Å². The van der Waals surface area contributed by atoms with E-state index in [2.05, 4.69) is 46.6 Å². The van der Waals surface area contributed by atoms with E-state index >= 15 is 0 Å². The van der Waals surface area contributed by atoms with Gasteiger partial charge >= 0.3 is 0 Å². The molecule has 0 radical (unpaired) electrons. The highest BCUT2D eigenvalue weighted by molar-refractivity contribution is 5.95. The number of rotatable bonds is 4. The van der Waals surface area contributed by atoms with Crippen molar-refractivity contribution in [3.63, 3.8) is 0 Å². The summed E-state index contributed by atoms with van der Waals surface area (Å²) in [6.07, 6.45) is 3.04. The molecule has 1 N–H and O–H groups in total. The first kappa shape index (κ1) is 16.1. The Labute approximate surface area is 151 Å². The molecule has 1 aromatic heterocycles. The first-order valence-corrected chi connectivity index (χ1v) is 8.49. The van der Waals surface area contributed by atoms with E-state index in [0.29, 0.717) is 11.3 Å².